The lowest BCUT2D eigenvalue weighted by molar-refractivity contribution is 0.482. The first-order valence-corrected chi connectivity index (χ1v) is 8.86. The van der Waals surface area contributed by atoms with E-state index in [0.717, 1.165) is 41.2 Å². The van der Waals surface area contributed by atoms with Crippen molar-refractivity contribution in [2.75, 3.05) is 17.6 Å². The van der Waals surface area contributed by atoms with Gasteiger partial charge < -0.3 is 15.8 Å². The Hall–Kier alpha value is -3.60. The molecule has 5 nitrogen and oxygen atoms in total. The monoisotopic (exact) mass is 356 g/mol. The highest BCUT2D eigenvalue weighted by atomic mass is 16.5. The highest BCUT2D eigenvalue weighted by Crippen LogP contribution is 2.22. The molecule has 4 rings (SSSR count). The summed E-state index contributed by atoms with van der Waals surface area (Å²) in [6.45, 7) is 0.749. The van der Waals surface area contributed by atoms with Gasteiger partial charge in [-0.1, -0.05) is 42.5 Å². The normalized spacial score (nSPS) is 10.7. The van der Waals surface area contributed by atoms with Crippen molar-refractivity contribution in [3.63, 3.8) is 0 Å². The van der Waals surface area contributed by atoms with Crippen LogP contribution in [0.15, 0.2) is 78.9 Å². The van der Waals surface area contributed by atoms with E-state index < -0.39 is 0 Å². The van der Waals surface area contributed by atoms with E-state index in [9.17, 15) is 0 Å². The third kappa shape index (κ3) is 4.15. The van der Waals surface area contributed by atoms with Crippen molar-refractivity contribution in [1.82, 2.24) is 9.97 Å². The first-order valence-electron chi connectivity index (χ1n) is 8.86. The van der Waals surface area contributed by atoms with Crippen LogP contribution in [0.3, 0.4) is 0 Å². The van der Waals surface area contributed by atoms with Gasteiger partial charge in [0.25, 0.3) is 0 Å². The molecule has 1 heterocycles. The molecule has 27 heavy (non-hydrogen) atoms. The number of anilines is 2. The molecule has 0 saturated heterocycles. The van der Waals surface area contributed by atoms with Gasteiger partial charge in [-0.25, -0.2) is 4.98 Å². The smallest absolute Gasteiger partial charge is 0.222 e. The highest BCUT2D eigenvalue weighted by Gasteiger charge is 2.05. The molecule has 0 radical (unpaired) electrons. The predicted molar refractivity (Wildman–Crippen MR) is 109 cm³/mol. The first-order chi connectivity index (χ1) is 13.3. The maximum Gasteiger partial charge on any atom is 0.222 e. The van der Waals surface area contributed by atoms with E-state index in [1.165, 1.54) is 5.56 Å². The third-order valence-electron chi connectivity index (χ3n) is 4.23. The second kappa shape index (κ2) is 7.74. The molecular formula is C22H20N4O. The number of aromatic nitrogens is 2. The number of nitrogens with zero attached hydrogens (tertiary/aromatic N) is 2. The summed E-state index contributed by atoms with van der Waals surface area (Å²) >= 11 is 0. The van der Waals surface area contributed by atoms with Crippen molar-refractivity contribution >= 4 is 22.7 Å². The predicted octanol–water partition coefficient (Wildman–Crippen LogP) is 4.66. The molecular weight excluding hydrogens is 336 g/mol. The van der Waals surface area contributed by atoms with Gasteiger partial charge in [0.15, 0.2) is 0 Å². The molecule has 0 fully saturated rings. The number of hydrogen-bond donors (Lipinski definition) is 2. The van der Waals surface area contributed by atoms with Crippen LogP contribution >= 0.6 is 0 Å². The van der Waals surface area contributed by atoms with Gasteiger partial charge in [0.1, 0.15) is 17.3 Å². The minimum Gasteiger partial charge on any atom is -0.457 e. The topological polar surface area (TPSA) is 73.1 Å². The van der Waals surface area contributed by atoms with Gasteiger partial charge in [-0.3, -0.25) is 0 Å². The number of para-hydroxylation sites is 2. The summed E-state index contributed by atoms with van der Waals surface area (Å²) in [6, 6.07) is 25.7. The van der Waals surface area contributed by atoms with Crippen LogP contribution in [0.25, 0.3) is 10.9 Å². The molecule has 0 aliphatic heterocycles. The van der Waals surface area contributed by atoms with Crippen LogP contribution in [-0.4, -0.2) is 16.5 Å². The fourth-order valence-electron chi connectivity index (χ4n) is 2.90. The fraction of sp³-hybridized carbons (Fsp3) is 0.0909. The second-order valence-corrected chi connectivity index (χ2v) is 6.18. The van der Waals surface area contributed by atoms with E-state index in [4.69, 9.17) is 10.5 Å². The van der Waals surface area contributed by atoms with Gasteiger partial charge in [0, 0.05) is 11.9 Å². The summed E-state index contributed by atoms with van der Waals surface area (Å²) in [4.78, 5) is 8.59. The van der Waals surface area contributed by atoms with E-state index >= 15 is 0 Å². The first kappa shape index (κ1) is 16.8. The molecule has 5 heteroatoms. The minimum atomic E-state index is 0.276. The van der Waals surface area contributed by atoms with Crippen LogP contribution in [0.1, 0.15) is 5.56 Å². The minimum absolute atomic E-state index is 0.276. The molecule has 1 aromatic heterocycles. The molecule has 0 atom stereocenters. The summed E-state index contributed by atoms with van der Waals surface area (Å²) in [5, 5.41) is 4.34. The molecule has 3 aromatic carbocycles. The van der Waals surface area contributed by atoms with E-state index in [0.29, 0.717) is 0 Å². The lowest BCUT2D eigenvalue weighted by atomic mass is 10.1. The lowest BCUT2D eigenvalue weighted by Crippen LogP contribution is -2.08. The fourth-order valence-corrected chi connectivity index (χ4v) is 2.90. The van der Waals surface area contributed by atoms with Crippen molar-refractivity contribution in [1.29, 1.82) is 0 Å². The van der Waals surface area contributed by atoms with Gasteiger partial charge in [0.2, 0.25) is 5.95 Å². The highest BCUT2D eigenvalue weighted by molar-refractivity contribution is 5.89. The van der Waals surface area contributed by atoms with Gasteiger partial charge in [-0.2, -0.15) is 4.98 Å². The standard InChI is InChI=1S/C22H20N4O/c23-22-25-20-9-5-4-8-19(20)21(26-22)24-15-14-16-10-12-18(13-11-16)27-17-6-2-1-3-7-17/h1-13H,14-15H2,(H3,23,24,25,26). The molecule has 3 N–H and O–H groups in total. The zero-order chi connectivity index (χ0) is 18.5. The van der Waals surface area contributed by atoms with Gasteiger partial charge >= 0.3 is 0 Å². The molecule has 0 amide bonds. The number of fused-ring (bicyclic) bond motifs is 1. The van der Waals surface area contributed by atoms with Crippen LogP contribution in [0.5, 0.6) is 11.5 Å². The third-order valence-corrected chi connectivity index (χ3v) is 4.23. The van der Waals surface area contributed by atoms with Crippen LogP contribution < -0.4 is 15.8 Å². The number of nitrogen functional groups attached to an aromatic ring is 1. The van der Waals surface area contributed by atoms with Crippen molar-refractivity contribution in [2.24, 2.45) is 0 Å². The summed E-state index contributed by atoms with van der Waals surface area (Å²) in [6.07, 6.45) is 0.865. The van der Waals surface area contributed by atoms with Crippen LogP contribution in [0, 0.1) is 0 Å². The van der Waals surface area contributed by atoms with E-state index in [1.807, 2.05) is 66.7 Å². The van der Waals surface area contributed by atoms with Crippen molar-refractivity contribution < 1.29 is 4.74 Å². The molecule has 0 unspecified atom stereocenters. The number of benzene rings is 3. The summed E-state index contributed by atoms with van der Waals surface area (Å²) in [7, 11) is 0. The Balaban J connectivity index is 1.38. The quantitative estimate of drug-likeness (QED) is 0.526. The number of rotatable bonds is 6. The second-order valence-electron chi connectivity index (χ2n) is 6.18. The van der Waals surface area contributed by atoms with E-state index in [-0.39, 0.29) is 5.95 Å². The van der Waals surface area contributed by atoms with Crippen LogP contribution in [0.2, 0.25) is 0 Å². The molecule has 0 aliphatic rings. The van der Waals surface area contributed by atoms with Crippen molar-refractivity contribution in [3.8, 4) is 11.5 Å². The molecule has 0 saturated carbocycles. The molecule has 4 aromatic rings. The Morgan fingerprint density at radius 2 is 1.48 bits per heavy atom. The number of hydrogen-bond acceptors (Lipinski definition) is 5. The maximum absolute atomic E-state index is 5.82. The van der Waals surface area contributed by atoms with Gasteiger partial charge in [-0.05, 0) is 48.4 Å². The number of nitrogens with one attached hydrogen (secondary N) is 1. The number of ether oxygens (including phenoxy) is 1. The largest absolute Gasteiger partial charge is 0.457 e. The zero-order valence-electron chi connectivity index (χ0n) is 14.8. The van der Waals surface area contributed by atoms with Crippen molar-refractivity contribution in [2.45, 2.75) is 6.42 Å². The number of nitrogens with two attached hydrogens (primary N) is 1. The van der Waals surface area contributed by atoms with E-state index in [2.05, 4.69) is 27.4 Å². The lowest BCUT2D eigenvalue weighted by Gasteiger charge is -2.10. The zero-order valence-corrected chi connectivity index (χ0v) is 14.8. The van der Waals surface area contributed by atoms with Crippen molar-refractivity contribution in [3.05, 3.63) is 84.4 Å². The summed E-state index contributed by atoms with van der Waals surface area (Å²) in [5.41, 5.74) is 7.87. The van der Waals surface area contributed by atoms with Gasteiger partial charge in [0.05, 0.1) is 5.52 Å². The van der Waals surface area contributed by atoms with E-state index in [1.54, 1.807) is 0 Å². The Labute approximate surface area is 157 Å². The van der Waals surface area contributed by atoms with Gasteiger partial charge in [-0.15, -0.1) is 0 Å². The molecule has 0 spiro atoms. The Kier molecular flexibility index (Phi) is 4.83. The summed E-state index contributed by atoms with van der Waals surface area (Å²) < 4.78 is 5.82. The Morgan fingerprint density at radius 1 is 0.778 bits per heavy atom. The van der Waals surface area contributed by atoms with Crippen LogP contribution in [0.4, 0.5) is 11.8 Å². The Bertz CT molecular complexity index is 1030. The molecule has 0 aliphatic carbocycles. The maximum atomic E-state index is 5.82. The average Bonchev–Trinajstić information content (AvgIpc) is 2.70. The summed E-state index contributed by atoms with van der Waals surface area (Å²) in [5.74, 6) is 2.70. The van der Waals surface area contributed by atoms with Crippen LogP contribution in [-0.2, 0) is 6.42 Å². The average molecular weight is 356 g/mol. The SMILES string of the molecule is Nc1nc(NCCc2ccc(Oc3ccccc3)cc2)c2ccccc2n1. The molecule has 0 bridgehead atoms. The Morgan fingerprint density at radius 3 is 2.30 bits per heavy atom. The molecule has 134 valence electrons.